The zero-order chi connectivity index (χ0) is 17.5. The molecule has 0 spiro atoms. The van der Waals surface area contributed by atoms with Gasteiger partial charge < -0.3 is 19.5 Å². The molecule has 6 heteroatoms. The molecule has 0 radical (unpaired) electrons. The van der Waals surface area contributed by atoms with Crippen molar-refractivity contribution in [1.82, 2.24) is 0 Å². The van der Waals surface area contributed by atoms with E-state index in [1.54, 1.807) is 17.8 Å². The molecule has 1 heterocycles. The van der Waals surface area contributed by atoms with Crippen LogP contribution in [0.25, 0.3) is 0 Å². The van der Waals surface area contributed by atoms with Crippen molar-refractivity contribution < 1.29 is 19.0 Å². The lowest BCUT2D eigenvalue weighted by Crippen LogP contribution is -2.23. The summed E-state index contributed by atoms with van der Waals surface area (Å²) in [7, 11) is 0. The number of carbonyl (C=O) groups is 1. The average Bonchev–Trinajstić information content (AvgIpc) is 2.65. The molecule has 0 bridgehead atoms. The third-order valence-electron chi connectivity index (χ3n) is 3.64. The number of thioether (sulfide) groups is 1. The molecule has 5 nitrogen and oxygen atoms in total. The maximum absolute atomic E-state index is 12.3. The molecule has 25 heavy (non-hydrogen) atoms. The van der Waals surface area contributed by atoms with Gasteiger partial charge in [0.15, 0.2) is 11.5 Å². The minimum atomic E-state index is -0.174. The summed E-state index contributed by atoms with van der Waals surface area (Å²) in [6, 6.07) is 15.1. The number of rotatable bonds is 7. The van der Waals surface area contributed by atoms with Crippen LogP contribution in [0, 0.1) is 0 Å². The Kier molecular flexibility index (Phi) is 6.06. The van der Waals surface area contributed by atoms with Crippen molar-refractivity contribution in [3.05, 3.63) is 48.5 Å². The first kappa shape index (κ1) is 17.5. The van der Waals surface area contributed by atoms with Gasteiger partial charge in [-0.2, -0.15) is 0 Å². The smallest absolute Gasteiger partial charge is 0.237 e. The van der Waals surface area contributed by atoms with Crippen molar-refractivity contribution in [2.45, 2.75) is 12.2 Å². The maximum atomic E-state index is 12.3. The molecule has 0 aromatic heterocycles. The predicted octanol–water partition coefficient (Wildman–Crippen LogP) is 3.60. The molecular formula is C19H21NO4S. The lowest BCUT2D eigenvalue weighted by atomic mass is 10.2. The summed E-state index contributed by atoms with van der Waals surface area (Å²) >= 11 is 1.56. The summed E-state index contributed by atoms with van der Waals surface area (Å²) in [6.45, 7) is 3.53. The van der Waals surface area contributed by atoms with Gasteiger partial charge in [0.1, 0.15) is 19.0 Å². The Hall–Kier alpha value is -2.34. The molecule has 1 amide bonds. The molecule has 1 atom stereocenters. The Labute approximate surface area is 151 Å². The number of hydrogen-bond donors (Lipinski definition) is 1. The van der Waals surface area contributed by atoms with Crippen LogP contribution in [0.1, 0.15) is 6.92 Å². The first-order valence-electron chi connectivity index (χ1n) is 8.22. The summed E-state index contributed by atoms with van der Waals surface area (Å²) in [4.78, 5) is 12.3. The zero-order valence-corrected chi connectivity index (χ0v) is 14.9. The molecule has 1 aliphatic heterocycles. The minimum absolute atomic E-state index is 0.0404. The monoisotopic (exact) mass is 359 g/mol. The summed E-state index contributed by atoms with van der Waals surface area (Å²) in [5, 5.41) is 2.74. The van der Waals surface area contributed by atoms with E-state index in [-0.39, 0.29) is 11.2 Å². The SMILES string of the molecule is C[C@@H](SCCOc1ccccc1)C(=O)Nc1ccc2c(c1)OCCO2. The van der Waals surface area contributed by atoms with E-state index in [1.165, 1.54) is 0 Å². The van der Waals surface area contributed by atoms with Gasteiger partial charge in [0, 0.05) is 17.5 Å². The summed E-state index contributed by atoms with van der Waals surface area (Å²) in [6.07, 6.45) is 0. The molecule has 3 rings (SSSR count). The Morgan fingerprint density at radius 2 is 1.92 bits per heavy atom. The van der Waals surface area contributed by atoms with E-state index in [0.717, 1.165) is 11.5 Å². The summed E-state index contributed by atoms with van der Waals surface area (Å²) in [5.74, 6) is 2.92. The first-order valence-corrected chi connectivity index (χ1v) is 9.27. The third-order valence-corrected chi connectivity index (χ3v) is 4.76. The van der Waals surface area contributed by atoms with Gasteiger partial charge in [0.05, 0.1) is 11.9 Å². The minimum Gasteiger partial charge on any atom is -0.493 e. The Bertz CT molecular complexity index is 708. The molecular weight excluding hydrogens is 338 g/mol. The molecule has 0 saturated heterocycles. The van der Waals surface area contributed by atoms with Gasteiger partial charge in [0.2, 0.25) is 5.91 Å². The van der Waals surface area contributed by atoms with E-state index < -0.39 is 0 Å². The van der Waals surface area contributed by atoms with Crippen molar-refractivity contribution in [3.63, 3.8) is 0 Å². The number of para-hydroxylation sites is 1. The fourth-order valence-electron chi connectivity index (χ4n) is 2.34. The number of amides is 1. The first-order chi connectivity index (χ1) is 12.2. The maximum Gasteiger partial charge on any atom is 0.237 e. The summed E-state index contributed by atoms with van der Waals surface area (Å²) < 4.78 is 16.6. The van der Waals surface area contributed by atoms with Crippen molar-refractivity contribution in [1.29, 1.82) is 0 Å². The third kappa shape index (κ3) is 5.06. The molecule has 1 aliphatic rings. The molecule has 0 unspecified atom stereocenters. The highest BCUT2D eigenvalue weighted by Gasteiger charge is 2.16. The molecule has 0 saturated carbocycles. The highest BCUT2D eigenvalue weighted by molar-refractivity contribution is 8.00. The van der Waals surface area contributed by atoms with Crippen LogP contribution in [0.2, 0.25) is 0 Å². The van der Waals surface area contributed by atoms with Gasteiger partial charge in [0.25, 0.3) is 0 Å². The lowest BCUT2D eigenvalue weighted by molar-refractivity contribution is -0.115. The molecule has 2 aromatic carbocycles. The van der Waals surface area contributed by atoms with Crippen LogP contribution in [-0.4, -0.2) is 36.7 Å². The van der Waals surface area contributed by atoms with Gasteiger partial charge in [-0.15, -0.1) is 11.8 Å². The van der Waals surface area contributed by atoms with E-state index in [1.807, 2.05) is 49.4 Å². The van der Waals surface area contributed by atoms with Crippen LogP contribution in [-0.2, 0) is 4.79 Å². The number of benzene rings is 2. The van der Waals surface area contributed by atoms with Gasteiger partial charge >= 0.3 is 0 Å². The Morgan fingerprint density at radius 1 is 1.16 bits per heavy atom. The van der Waals surface area contributed by atoms with E-state index in [2.05, 4.69) is 5.32 Å². The van der Waals surface area contributed by atoms with Gasteiger partial charge in [-0.25, -0.2) is 0 Å². The Balaban J connectivity index is 1.43. The Morgan fingerprint density at radius 3 is 2.72 bits per heavy atom. The van der Waals surface area contributed by atoms with E-state index in [4.69, 9.17) is 14.2 Å². The van der Waals surface area contributed by atoms with Gasteiger partial charge in [-0.1, -0.05) is 18.2 Å². The molecule has 1 N–H and O–H groups in total. The highest BCUT2D eigenvalue weighted by atomic mass is 32.2. The van der Waals surface area contributed by atoms with Crippen molar-refractivity contribution in [2.24, 2.45) is 0 Å². The van der Waals surface area contributed by atoms with Crippen molar-refractivity contribution >= 4 is 23.4 Å². The van der Waals surface area contributed by atoms with Crippen molar-refractivity contribution in [3.8, 4) is 17.2 Å². The van der Waals surface area contributed by atoms with Crippen LogP contribution in [0.4, 0.5) is 5.69 Å². The molecule has 0 fully saturated rings. The van der Waals surface area contributed by atoms with Gasteiger partial charge in [-0.3, -0.25) is 4.79 Å². The van der Waals surface area contributed by atoms with E-state index >= 15 is 0 Å². The number of ether oxygens (including phenoxy) is 3. The van der Waals surface area contributed by atoms with Crippen molar-refractivity contribution in [2.75, 3.05) is 30.9 Å². The summed E-state index contributed by atoms with van der Waals surface area (Å²) in [5.41, 5.74) is 0.710. The second-order valence-electron chi connectivity index (χ2n) is 5.52. The fraction of sp³-hybridized carbons (Fsp3) is 0.316. The predicted molar refractivity (Wildman–Crippen MR) is 99.9 cm³/mol. The average molecular weight is 359 g/mol. The van der Waals surface area contributed by atoms with Crippen LogP contribution in [0.3, 0.4) is 0 Å². The highest BCUT2D eigenvalue weighted by Crippen LogP contribution is 2.32. The zero-order valence-electron chi connectivity index (χ0n) is 14.1. The number of nitrogens with one attached hydrogen (secondary N) is 1. The van der Waals surface area contributed by atoms with Crippen LogP contribution >= 0.6 is 11.8 Å². The second kappa shape index (κ2) is 8.67. The van der Waals surface area contributed by atoms with E-state index in [0.29, 0.717) is 37.0 Å². The number of fused-ring (bicyclic) bond motifs is 1. The van der Waals surface area contributed by atoms with E-state index in [9.17, 15) is 4.79 Å². The normalized spacial score (nSPS) is 13.8. The molecule has 0 aliphatic carbocycles. The lowest BCUT2D eigenvalue weighted by Gasteiger charge is -2.19. The quantitative estimate of drug-likeness (QED) is 0.766. The van der Waals surface area contributed by atoms with Gasteiger partial charge in [-0.05, 0) is 31.2 Å². The fourth-order valence-corrected chi connectivity index (χ4v) is 3.09. The largest absolute Gasteiger partial charge is 0.493 e. The molecule has 2 aromatic rings. The standard InChI is InChI=1S/C19H21NO4S/c1-14(25-12-11-22-16-5-3-2-4-6-16)19(21)20-15-7-8-17-18(13-15)24-10-9-23-17/h2-8,13-14H,9-12H2,1H3,(H,20,21)/t14-/m1/s1. The number of carbonyl (C=O) groups excluding carboxylic acids is 1. The second-order valence-corrected chi connectivity index (χ2v) is 6.97. The number of hydrogen-bond acceptors (Lipinski definition) is 5. The van der Waals surface area contributed by atoms with Crippen LogP contribution in [0.5, 0.6) is 17.2 Å². The topological polar surface area (TPSA) is 56.8 Å². The molecule has 132 valence electrons. The number of anilines is 1. The van der Waals surface area contributed by atoms with Crippen LogP contribution in [0.15, 0.2) is 48.5 Å². The van der Waals surface area contributed by atoms with Crippen LogP contribution < -0.4 is 19.5 Å².